The highest BCUT2D eigenvalue weighted by Crippen LogP contribution is 2.33. The summed E-state index contributed by atoms with van der Waals surface area (Å²) in [5, 5.41) is 0.424. The summed E-state index contributed by atoms with van der Waals surface area (Å²) in [5.74, 6) is 1.26. The maximum Gasteiger partial charge on any atom is 0.242 e. The number of rotatable bonds is 9. The predicted octanol–water partition coefficient (Wildman–Crippen LogP) is 4.35. The van der Waals surface area contributed by atoms with Crippen LogP contribution in [-0.4, -0.2) is 47.7 Å². The average Bonchev–Trinajstić information content (AvgIpc) is 2.99. The highest BCUT2D eigenvalue weighted by atomic mass is 35.5. The van der Waals surface area contributed by atoms with Crippen molar-refractivity contribution in [2.45, 2.75) is 18.3 Å². The first-order valence-corrected chi connectivity index (χ1v) is 10.7. The Balaban J connectivity index is 1.66. The number of thioether (sulfide) groups is 1. The molecule has 0 aliphatic carbocycles. The third-order valence-electron chi connectivity index (χ3n) is 4.51. The van der Waals surface area contributed by atoms with E-state index < -0.39 is 0 Å². The second-order valence-corrected chi connectivity index (χ2v) is 8.67. The Morgan fingerprint density at radius 3 is 2.69 bits per heavy atom. The molecule has 0 aromatic heterocycles. The van der Waals surface area contributed by atoms with E-state index >= 15 is 0 Å². The molecule has 2 aromatic carbocycles. The van der Waals surface area contributed by atoms with Gasteiger partial charge in [0.15, 0.2) is 11.5 Å². The van der Waals surface area contributed by atoms with Crippen LogP contribution in [0.2, 0.25) is 5.02 Å². The minimum atomic E-state index is -0.237. The number of benzene rings is 2. The van der Waals surface area contributed by atoms with Crippen LogP contribution in [0.5, 0.6) is 11.5 Å². The van der Waals surface area contributed by atoms with Crippen LogP contribution in [0, 0.1) is 0 Å². The smallest absolute Gasteiger partial charge is 0.242 e. The van der Waals surface area contributed by atoms with Gasteiger partial charge in [0.05, 0.1) is 25.5 Å². The summed E-state index contributed by atoms with van der Waals surface area (Å²) in [6.45, 7) is 1.29. The number of amides is 1. The molecule has 1 fully saturated rings. The number of ether oxygens (including phenoxy) is 3. The van der Waals surface area contributed by atoms with Gasteiger partial charge in [-0.15, -0.1) is 0 Å². The summed E-state index contributed by atoms with van der Waals surface area (Å²) in [6, 6.07) is 13.3. The monoisotopic (exact) mass is 451 g/mol. The highest BCUT2D eigenvalue weighted by molar-refractivity contribution is 8.24. The molecule has 29 heavy (non-hydrogen) atoms. The van der Waals surface area contributed by atoms with Gasteiger partial charge in [-0.05, 0) is 30.2 Å². The molecular weight excluding hydrogens is 430 g/mol. The normalized spacial score (nSPS) is 16.4. The van der Waals surface area contributed by atoms with Gasteiger partial charge in [-0.3, -0.25) is 9.69 Å². The van der Waals surface area contributed by atoms with Crippen molar-refractivity contribution in [1.82, 2.24) is 4.90 Å². The van der Waals surface area contributed by atoms with Gasteiger partial charge < -0.3 is 14.2 Å². The number of carbonyl (C=O) groups excluding carboxylic acids is 1. The fourth-order valence-electron chi connectivity index (χ4n) is 2.96. The van der Waals surface area contributed by atoms with Crippen molar-refractivity contribution in [3.8, 4) is 11.5 Å². The van der Waals surface area contributed by atoms with E-state index in [1.807, 2.05) is 42.5 Å². The number of halogens is 1. The van der Waals surface area contributed by atoms with Gasteiger partial charge >= 0.3 is 0 Å². The Bertz CT molecular complexity index is 893. The zero-order valence-electron chi connectivity index (χ0n) is 16.2. The number of carbonyl (C=O) groups is 1. The van der Waals surface area contributed by atoms with Gasteiger partial charge in [0.2, 0.25) is 5.91 Å². The molecule has 0 radical (unpaired) electrons. The van der Waals surface area contributed by atoms with E-state index in [1.54, 1.807) is 19.1 Å². The molecule has 8 heteroatoms. The van der Waals surface area contributed by atoms with Crippen molar-refractivity contribution in [2.24, 2.45) is 0 Å². The Hall–Kier alpha value is -1.80. The quantitative estimate of drug-likeness (QED) is 0.528. The predicted molar refractivity (Wildman–Crippen MR) is 120 cm³/mol. The molecule has 1 aliphatic heterocycles. The molecule has 0 spiro atoms. The summed E-state index contributed by atoms with van der Waals surface area (Å²) >= 11 is 12.9. The van der Waals surface area contributed by atoms with Crippen molar-refractivity contribution >= 4 is 45.8 Å². The molecule has 154 valence electrons. The maximum atomic E-state index is 12.6. The lowest BCUT2D eigenvalue weighted by Crippen LogP contribution is -2.34. The maximum absolute atomic E-state index is 12.6. The number of hydrogen-bond donors (Lipinski definition) is 0. The van der Waals surface area contributed by atoms with Gasteiger partial charge in [0.1, 0.15) is 10.9 Å². The Morgan fingerprint density at radius 2 is 1.97 bits per heavy atom. The molecule has 3 rings (SSSR count). The molecule has 0 saturated carbocycles. The lowest BCUT2D eigenvalue weighted by atomic mass is 10.1. The fraction of sp³-hybridized carbons (Fsp3) is 0.333. The van der Waals surface area contributed by atoms with Crippen molar-refractivity contribution in [3.05, 3.63) is 58.6 Å². The second kappa shape index (κ2) is 10.3. The summed E-state index contributed by atoms with van der Waals surface area (Å²) < 4.78 is 17.0. The van der Waals surface area contributed by atoms with Gasteiger partial charge in [-0.1, -0.05) is 59.8 Å². The fourth-order valence-corrected chi connectivity index (χ4v) is 4.73. The first kappa shape index (κ1) is 21.9. The van der Waals surface area contributed by atoms with E-state index in [1.165, 1.54) is 11.8 Å². The Labute approximate surface area is 185 Å². The standard InChI is InChI=1S/C21H22ClNO4S2/c1-25-10-9-23-20(24)19(29-21(23)28)12-14-7-8-17(18(11-14)26-2)27-13-15-5-3-4-6-16(15)22/h3-8,11,19H,9-10,12-13H2,1-2H3/t19-/m0/s1. The number of thiocarbonyl (C=S) groups is 1. The summed E-state index contributed by atoms with van der Waals surface area (Å²) in [4.78, 5) is 14.2. The van der Waals surface area contributed by atoms with Crippen LogP contribution < -0.4 is 9.47 Å². The molecule has 1 aliphatic rings. The number of hydrogen-bond acceptors (Lipinski definition) is 6. The van der Waals surface area contributed by atoms with Crippen molar-refractivity contribution in [2.75, 3.05) is 27.4 Å². The van der Waals surface area contributed by atoms with Crippen LogP contribution in [0.4, 0.5) is 0 Å². The third kappa shape index (κ3) is 5.42. The Kier molecular flexibility index (Phi) is 7.77. The van der Waals surface area contributed by atoms with Crippen LogP contribution in [0.15, 0.2) is 42.5 Å². The highest BCUT2D eigenvalue weighted by Gasteiger charge is 2.36. The van der Waals surface area contributed by atoms with E-state index in [0.29, 0.717) is 47.0 Å². The molecule has 0 unspecified atom stereocenters. The topological polar surface area (TPSA) is 48.0 Å². The lowest BCUT2D eigenvalue weighted by Gasteiger charge is -2.15. The van der Waals surface area contributed by atoms with Gasteiger partial charge in [0.25, 0.3) is 0 Å². The second-order valence-electron chi connectivity index (χ2n) is 6.42. The molecule has 5 nitrogen and oxygen atoms in total. The van der Waals surface area contributed by atoms with Crippen LogP contribution >= 0.6 is 35.6 Å². The SMILES string of the molecule is COCCN1C(=O)[C@H](Cc2ccc(OCc3ccccc3Cl)c(OC)c2)SC1=S. The van der Waals surface area contributed by atoms with Crippen molar-refractivity contribution in [1.29, 1.82) is 0 Å². The molecule has 1 saturated heterocycles. The van der Waals surface area contributed by atoms with Crippen molar-refractivity contribution in [3.63, 3.8) is 0 Å². The zero-order valence-corrected chi connectivity index (χ0v) is 18.6. The molecule has 2 aromatic rings. The van der Waals surface area contributed by atoms with Gasteiger partial charge in [0, 0.05) is 17.7 Å². The van der Waals surface area contributed by atoms with E-state index in [-0.39, 0.29) is 11.2 Å². The number of nitrogens with zero attached hydrogens (tertiary/aromatic N) is 1. The van der Waals surface area contributed by atoms with E-state index in [9.17, 15) is 4.79 Å². The molecular formula is C21H22ClNO4S2. The van der Waals surface area contributed by atoms with E-state index in [4.69, 9.17) is 38.0 Å². The first-order valence-electron chi connectivity index (χ1n) is 9.07. The largest absolute Gasteiger partial charge is 0.493 e. The van der Waals surface area contributed by atoms with E-state index in [2.05, 4.69) is 0 Å². The van der Waals surface area contributed by atoms with E-state index in [0.717, 1.165) is 11.1 Å². The molecule has 1 atom stereocenters. The van der Waals surface area contributed by atoms with Gasteiger partial charge in [-0.25, -0.2) is 0 Å². The molecule has 0 N–H and O–H groups in total. The molecule has 1 heterocycles. The van der Waals surface area contributed by atoms with Gasteiger partial charge in [-0.2, -0.15) is 0 Å². The summed E-state index contributed by atoms with van der Waals surface area (Å²) in [5.41, 5.74) is 1.88. The van der Waals surface area contributed by atoms with Crippen LogP contribution in [0.25, 0.3) is 0 Å². The Morgan fingerprint density at radius 1 is 1.17 bits per heavy atom. The van der Waals surface area contributed by atoms with Crippen molar-refractivity contribution < 1.29 is 19.0 Å². The third-order valence-corrected chi connectivity index (χ3v) is 6.47. The molecule has 0 bridgehead atoms. The number of methoxy groups -OCH3 is 2. The zero-order chi connectivity index (χ0) is 20.8. The van der Waals surface area contributed by atoms with Crippen LogP contribution in [-0.2, 0) is 22.6 Å². The summed E-state index contributed by atoms with van der Waals surface area (Å²) in [7, 11) is 3.20. The summed E-state index contributed by atoms with van der Waals surface area (Å²) in [6.07, 6.45) is 0.564. The average molecular weight is 452 g/mol. The molecule has 1 amide bonds. The minimum absolute atomic E-state index is 0.0232. The lowest BCUT2D eigenvalue weighted by molar-refractivity contribution is -0.126. The first-order chi connectivity index (χ1) is 14.0. The van der Waals surface area contributed by atoms with Crippen LogP contribution in [0.1, 0.15) is 11.1 Å². The van der Waals surface area contributed by atoms with Crippen LogP contribution in [0.3, 0.4) is 0 Å². The minimum Gasteiger partial charge on any atom is -0.493 e.